The molecule has 22 heavy (non-hydrogen) atoms. The largest absolute Gasteiger partial charge is 0.349 e. The Hall–Kier alpha value is -2.10. The predicted octanol–water partition coefficient (Wildman–Crippen LogP) is 3.12. The zero-order valence-electron chi connectivity index (χ0n) is 12.7. The van der Waals surface area contributed by atoms with Crippen molar-refractivity contribution in [3.63, 3.8) is 0 Å². The fourth-order valence-electron chi connectivity index (χ4n) is 3.01. The lowest BCUT2D eigenvalue weighted by atomic mass is 9.78. The van der Waals surface area contributed by atoms with Gasteiger partial charge >= 0.3 is 0 Å². The molecule has 2 amide bonds. The van der Waals surface area contributed by atoms with E-state index in [1.165, 1.54) is 38.2 Å². The molecular weight excluding hydrogens is 276 g/mol. The predicted molar refractivity (Wildman–Crippen MR) is 86.6 cm³/mol. The fraction of sp³-hybridized carbons (Fsp3) is 0.444. The number of anilines is 1. The van der Waals surface area contributed by atoms with E-state index in [1.54, 1.807) is 24.3 Å². The summed E-state index contributed by atoms with van der Waals surface area (Å²) in [7, 11) is 0. The minimum Gasteiger partial charge on any atom is -0.349 e. The Morgan fingerprint density at radius 2 is 1.73 bits per heavy atom. The van der Waals surface area contributed by atoms with Gasteiger partial charge in [-0.2, -0.15) is 0 Å². The number of hydrogen-bond acceptors (Lipinski definition) is 2. The van der Waals surface area contributed by atoms with Gasteiger partial charge in [0.05, 0.1) is 0 Å². The van der Waals surface area contributed by atoms with Crippen LogP contribution in [0.15, 0.2) is 36.9 Å². The highest BCUT2D eigenvalue weighted by atomic mass is 16.2. The Balaban J connectivity index is 1.61. The Kier molecular flexibility index (Phi) is 4.27. The summed E-state index contributed by atoms with van der Waals surface area (Å²) >= 11 is 0. The first-order valence-corrected chi connectivity index (χ1v) is 8.01. The van der Waals surface area contributed by atoms with Gasteiger partial charge in [0.25, 0.3) is 5.91 Å². The van der Waals surface area contributed by atoms with Crippen molar-refractivity contribution in [3.05, 3.63) is 42.5 Å². The number of rotatable bonds is 6. The molecule has 0 bridgehead atoms. The molecule has 3 rings (SSSR count). The Morgan fingerprint density at radius 1 is 1.09 bits per heavy atom. The SMILES string of the molecule is C=CC(=O)Nc1ccc(C(=O)NC(C2CCC2)C2CC2)cc1. The van der Waals surface area contributed by atoms with Crippen LogP contribution in [0.5, 0.6) is 0 Å². The molecule has 4 nitrogen and oxygen atoms in total. The summed E-state index contributed by atoms with van der Waals surface area (Å²) in [4.78, 5) is 23.6. The third kappa shape index (κ3) is 3.38. The molecule has 0 spiro atoms. The molecule has 0 heterocycles. The van der Waals surface area contributed by atoms with Gasteiger partial charge in [0, 0.05) is 17.3 Å². The van der Waals surface area contributed by atoms with Crippen molar-refractivity contribution in [1.29, 1.82) is 0 Å². The maximum absolute atomic E-state index is 12.4. The van der Waals surface area contributed by atoms with Gasteiger partial charge in [-0.1, -0.05) is 13.0 Å². The van der Waals surface area contributed by atoms with E-state index in [-0.39, 0.29) is 11.8 Å². The zero-order chi connectivity index (χ0) is 15.5. The molecule has 1 aromatic carbocycles. The maximum atomic E-state index is 12.4. The minimum atomic E-state index is -0.254. The number of nitrogens with one attached hydrogen (secondary N) is 2. The van der Waals surface area contributed by atoms with E-state index in [4.69, 9.17) is 0 Å². The normalized spacial score (nSPS) is 18.9. The molecule has 2 N–H and O–H groups in total. The molecule has 2 fully saturated rings. The van der Waals surface area contributed by atoms with Crippen molar-refractivity contribution < 1.29 is 9.59 Å². The van der Waals surface area contributed by atoms with E-state index in [1.807, 2.05) is 0 Å². The van der Waals surface area contributed by atoms with Crippen molar-refractivity contribution >= 4 is 17.5 Å². The lowest BCUT2D eigenvalue weighted by Gasteiger charge is -2.34. The Morgan fingerprint density at radius 3 is 2.23 bits per heavy atom. The van der Waals surface area contributed by atoms with E-state index in [9.17, 15) is 9.59 Å². The van der Waals surface area contributed by atoms with Crippen molar-refractivity contribution in [2.45, 2.75) is 38.1 Å². The van der Waals surface area contributed by atoms with E-state index in [0.29, 0.717) is 29.1 Å². The van der Waals surface area contributed by atoms with Crippen molar-refractivity contribution in [1.82, 2.24) is 5.32 Å². The van der Waals surface area contributed by atoms with Crippen molar-refractivity contribution in [3.8, 4) is 0 Å². The molecule has 2 aliphatic carbocycles. The van der Waals surface area contributed by atoms with Crippen molar-refractivity contribution in [2.75, 3.05) is 5.32 Å². The second-order valence-corrected chi connectivity index (χ2v) is 6.30. The van der Waals surface area contributed by atoms with E-state index in [0.717, 1.165) is 0 Å². The Labute approximate surface area is 131 Å². The van der Waals surface area contributed by atoms with Crippen LogP contribution in [-0.4, -0.2) is 17.9 Å². The monoisotopic (exact) mass is 298 g/mol. The van der Waals surface area contributed by atoms with Gasteiger partial charge in [-0.25, -0.2) is 0 Å². The summed E-state index contributed by atoms with van der Waals surface area (Å²) in [6.45, 7) is 3.41. The van der Waals surface area contributed by atoms with Gasteiger partial charge in [-0.3, -0.25) is 9.59 Å². The molecule has 2 saturated carbocycles. The summed E-state index contributed by atoms with van der Waals surface area (Å²) in [5, 5.41) is 5.90. The smallest absolute Gasteiger partial charge is 0.251 e. The molecule has 0 saturated heterocycles. The van der Waals surface area contributed by atoms with Gasteiger partial charge < -0.3 is 10.6 Å². The zero-order valence-corrected chi connectivity index (χ0v) is 12.7. The van der Waals surface area contributed by atoms with Crippen molar-refractivity contribution in [2.24, 2.45) is 11.8 Å². The van der Waals surface area contributed by atoms with Crippen LogP contribution in [0.4, 0.5) is 5.69 Å². The van der Waals surface area contributed by atoms with E-state index >= 15 is 0 Å². The van der Waals surface area contributed by atoms with Crippen LogP contribution in [0, 0.1) is 11.8 Å². The van der Waals surface area contributed by atoms with Crippen LogP contribution >= 0.6 is 0 Å². The number of carbonyl (C=O) groups is 2. The average molecular weight is 298 g/mol. The summed E-state index contributed by atoms with van der Waals surface area (Å²) < 4.78 is 0. The fourth-order valence-corrected chi connectivity index (χ4v) is 3.01. The van der Waals surface area contributed by atoms with Crippen LogP contribution in [0.3, 0.4) is 0 Å². The summed E-state index contributed by atoms with van der Waals surface area (Å²) in [6.07, 6.45) is 7.49. The molecular formula is C18H22N2O2. The topological polar surface area (TPSA) is 58.2 Å². The van der Waals surface area contributed by atoms with Crippen LogP contribution in [-0.2, 0) is 4.79 Å². The van der Waals surface area contributed by atoms with Gasteiger partial charge in [0.15, 0.2) is 0 Å². The molecule has 0 aliphatic heterocycles. The molecule has 2 aliphatic rings. The standard InChI is InChI=1S/C18H22N2O2/c1-2-16(21)19-15-10-8-14(9-11-15)18(22)20-17(13-6-7-13)12-4-3-5-12/h2,8-13,17H,1,3-7H2,(H,19,21)(H,20,22). The number of carbonyl (C=O) groups excluding carboxylic acids is 2. The van der Waals surface area contributed by atoms with Crippen LogP contribution in [0.2, 0.25) is 0 Å². The number of hydrogen-bond donors (Lipinski definition) is 2. The summed E-state index contributed by atoms with van der Waals surface area (Å²) in [5.41, 5.74) is 1.31. The van der Waals surface area contributed by atoms with Crippen LogP contribution in [0.25, 0.3) is 0 Å². The first-order valence-electron chi connectivity index (χ1n) is 8.01. The van der Waals surface area contributed by atoms with Gasteiger partial charge in [0.1, 0.15) is 0 Å². The van der Waals surface area contributed by atoms with Gasteiger partial charge in [-0.05, 0) is 67.9 Å². The quantitative estimate of drug-likeness (QED) is 0.793. The first kappa shape index (κ1) is 14.8. The third-order valence-electron chi connectivity index (χ3n) is 4.69. The summed E-state index contributed by atoms with van der Waals surface area (Å²) in [6, 6.07) is 7.33. The highest BCUT2D eigenvalue weighted by Gasteiger charge is 2.39. The third-order valence-corrected chi connectivity index (χ3v) is 4.69. The minimum absolute atomic E-state index is 0.00889. The molecule has 1 unspecified atom stereocenters. The lowest BCUT2D eigenvalue weighted by molar-refractivity contribution is -0.111. The van der Waals surface area contributed by atoms with Crippen LogP contribution in [0.1, 0.15) is 42.5 Å². The van der Waals surface area contributed by atoms with Gasteiger partial charge in [0.2, 0.25) is 5.91 Å². The molecule has 0 radical (unpaired) electrons. The maximum Gasteiger partial charge on any atom is 0.251 e. The second kappa shape index (κ2) is 6.34. The lowest BCUT2D eigenvalue weighted by Crippen LogP contribution is -2.44. The first-order chi connectivity index (χ1) is 10.7. The molecule has 4 heteroatoms. The highest BCUT2D eigenvalue weighted by Crippen LogP contribution is 2.42. The van der Waals surface area contributed by atoms with E-state index in [2.05, 4.69) is 17.2 Å². The number of amides is 2. The van der Waals surface area contributed by atoms with E-state index < -0.39 is 0 Å². The molecule has 1 atom stereocenters. The summed E-state index contributed by atoms with van der Waals surface area (Å²) in [5.74, 6) is 1.09. The molecule has 116 valence electrons. The highest BCUT2D eigenvalue weighted by molar-refractivity contribution is 5.99. The molecule has 1 aromatic rings. The van der Waals surface area contributed by atoms with Crippen LogP contribution < -0.4 is 10.6 Å². The average Bonchev–Trinajstić information content (AvgIpc) is 3.29. The molecule has 0 aromatic heterocycles. The number of benzene rings is 1. The van der Waals surface area contributed by atoms with Gasteiger partial charge in [-0.15, -0.1) is 0 Å². The second-order valence-electron chi connectivity index (χ2n) is 6.30. The Bertz CT molecular complexity index is 571.